The van der Waals surface area contributed by atoms with Crippen molar-refractivity contribution < 1.29 is 28.3 Å². The zero-order chi connectivity index (χ0) is 29.8. The Morgan fingerprint density at radius 1 is 1.07 bits per heavy atom. The number of nitrogens with zero attached hydrogens (tertiary/aromatic N) is 1. The van der Waals surface area contributed by atoms with Gasteiger partial charge in [-0.05, 0) is 68.1 Å². The first-order valence-electron chi connectivity index (χ1n) is 13.2. The van der Waals surface area contributed by atoms with Gasteiger partial charge in [0.25, 0.3) is 5.91 Å². The van der Waals surface area contributed by atoms with E-state index in [0.29, 0.717) is 51.3 Å². The summed E-state index contributed by atoms with van der Waals surface area (Å²) in [7, 11) is 0. The molecule has 11 heteroatoms. The predicted molar refractivity (Wildman–Crippen MR) is 158 cm³/mol. The van der Waals surface area contributed by atoms with Crippen molar-refractivity contribution >= 4 is 47.2 Å². The molecule has 9 nitrogen and oxygen atoms in total. The summed E-state index contributed by atoms with van der Waals surface area (Å²) in [5, 5.41) is 7.67. The van der Waals surface area contributed by atoms with Crippen LogP contribution in [0, 0.1) is 5.92 Å². The molecule has 0 unspecified atom stereocenters. The summed E-state index contributed by atoms with van der Waals surface area (Å²) in [4.78, 5) is 37.3. The number of hydrogen-bond acceptors (Lipinski definition) is 7. The molecule has 41 heavy (non-hydrogen) atoms. The monoisotopic (exact) mass is 601 g/mol. The quantitative estimate of drug-likeness (QED) is 0.0972. The summed E-state index contributed by atoms with van der Waals surface area (Å²) in [6, 6.07) is 14.5. The molecule has 0 spiro atoms. The van der Waals surface area contributed by atoms with Crippen LogP contribution in [-0.4, -0.2) is 43.3 Å². The Hall–Kier alpha value is -3.82. The van der Waals surface area contributed by atoms with E-state index in [2.05, 4.69) is 15.8 Å². The van der Waals surface area contributed by atoms with Gasteiger partial charge in [-0.3, -0.25) is 9.59 Å². The maximum Gasteiger partial charge on any atom is 0.338 e. The zero-order valence-electron chi connectivity index (χ0n) is 23.1. The van der Waals surface area contributed by atoms with Crippen LogP contribution < -0.4 is 15.5 Å². The molecule has 218 valence electrons. The smallest absolute Gasteiger partial charge is 0.338 e. The van der Waals surface area contributed by atoms with E-state index >= 15 is 0 Å². The largest absolute Gasteiger partial charge is 0.492 e. The summed E-state index contributed by atoms with van der Waals surface area (Å²) in [5.74, 6) is 0.430. The molecule has 2 aromatic carbocycles. The van der Waals surface area contributed by atoms with Gasteiger partial charge >= 0.3 is 5.97 Å². The first kappa shape index (κ1) is 31.7. The second-order valence-electron chi connectivity index (χ2n) is 9.51. The van der Waals surface area contributed by atoms with E-state index in [9.17, 15) is 14.4 Å². The number of ether oxygens (including phenoxy) is 2. The van der Waals surface area contributed by atoms with Crippen LogP contribution >= 0.6 is 23.2 Å². The number of hydrogen-bond donors (Lipinski definition) is 2. The van der Waals surface area contributed by atoms with Gasteiger partial charge in [-0.1, -0.05) is 49.2 Å². The van der Waals surface area contributed by atoms with Crippen molar-refractivity contribution in [2.24, 2.45) is 11.0 Å². The molecule has 0 radical (unpaired) electrons. The fourth-order valence-electron chi connectivity index (χ4n) is 3.81. The predicted octanol–water partition coefficient (Wildman–Crippen LogP) is 6.27. The highest BCUT2D eigenvalue weighted by atomic mass is 35.5. The van der Waals surface area contributed by atoms with E-state index in [1.807, 2.05) is 19.9 Å². The second-order valence-corrected chi connectivity index (χ2v) is 10.4. The normalized spacial score (nSPS) is 11.9. The van der Waals surface area contributed by atoms with Gasteiger partial charge in [-0.2, -0.15) is 5.10 Å². The molecular weight excluding hydrogens is 569 g/mol. The van der Waals surface area contributed by atoms with Crippen LogP contribution in [0.1, 0.15) is 56.2 Å². The zero-order valence-corrected chi connectivity index (χ0v) is 24.6. The van der Waals surface area contributed by atoms with Gasteiger partial charge in [0.05, 0.1) is 30.0 Å². The summed E-state index contributed by atoms with van der Waals surface area (Å²) >= 11 is 12.0. The Balaban J connectivity index is 1.51. The van der Waals surface area contributed by atoms with E-state index in [-0.39, 0.29) is 31.5 Å². The van der Waals surface area contributed by atoms with Crippen LogP contribution in [0.15, 0.2) is 64.1 Å². The number of rotatable bonds is 14. The Bertz CT molecular complexity index is 1370. The Morgan fingerprint density at radius 3 is 2.61 bits per heavy atom. The Labute approximate surface area is 249 Å². The maximum atomic E-state index is 12.8. The average molecular weight is 603 g/mol. The van der Waals surface area contributed by atoms with E-state index in [4.69, 9.17) is 37.1 Å². The molecule has 0 saturated carbocycles. The van der Waals surface area contributed by atoms with Crippen LogP contribution in [0.4, 0.5) is 0 Å². The Morgan fingerprint density at radius 2 is 1.88 bits per heavy atom. The van der Waals surface area contributed by atoms with Gasteiger partial charge in [-0.25, -0.2) is 10.2 Å². The molecule has 0 saturated heterocycles. The van der Waals surface area contributed by atoms with Gasteiger partial charge in [0, 0.05) is 17.0 Å². The van der Waals surface area contributed by atoms with Crippen molar-refractivity contribution in [1.82, 2.24) is 10.7 Å². The number of halogens is 2. The summed E-state index contributed by atoms with van der Waals surface area (Å²) in [5.41, 5.74) is 3.58. The number of carbonyl (C=O) groups excluding carboxylic acids is 3. The molecule has 1 heterocycles. The van der Waals surface area contributed by atoms with Gasteiger partial charge in [0.15, 0.2) is 0 Å². The molecule has 3 aromatic rings. The minimum Gasteiger partial charge on any atom is -0.492 e. The van der Waals surface area contributed by atoms with Crippen molar-refractivity contribution in [3.8, 4) is 17.1 Å². The third kappa shape index (κ3) is 10.3. The van der Waals surface area contributed by atoms with Gasteiger partial charge < -0.3 is 19.2 Å². The minimum atomic E-state index is -0.760. The number of hydrazone groups is 1. The first-order valence-corrected chi connectivity index (χ1v) is 14.0. The molecular formula is C30H33Cl2N3O6. The van der Waals surface area contributed by atoms with Crippen LogP contribution in [0.25, 0.3) is 11.3 Å². The average Bonchev–Trinajstić information content (AvgIpc) is 3.40. The van der Waals surface area contributed by atoms with Crippen LogP contribution in [0.2, 0.25) is 10.0 Å². The molecule has 0 aliphatic carbocycles. The van der Waals surface area contributed by atoms with E-state index in [1.165, 1.54) is 6.21 Å². The fraction of sp³-hybridized carbons (Fsp3) is 0.333. The minimum absolute atomic E-state index is 0.156. The van der Waals surface area contributed by atoms with Crippen LogP contribution in [0.3, 0.4) is 0 Å². The van der Waals surface area contributed by atoms with Crippen molar-refractivity contribution in [2.45, 2.75) is 46.1 Å². The maximum absolute atomic E-state index is 12.8. The van der Waals surface area contributed by atoms with E-state index in [1.54, 1.807) is 55.5 Å². The topological polar surface area (TPSA) is 119 Å². The molecule has 1 aromatic heterocycles. The summed E-state index contributed by atoms with van der Waals surface area (Å²) in [6.45, 7) is 6.23. The highest BCUT2D eigenvalue weighted by Crippen LogP contribution is 2.27. The number of esters is 1. The van der Waals surface area contributed by atoms with Gasteiger partial charge in [-0.15, -0.1) is 0 Å². The SMILES string of the molecule is CCOC(=O)c1cccc(-c2ccc(/C=N\NC(=O)[C@H](CC(C)C)NC(=O)CCCOc3ccc(Cl)cc3Cl)o2)c1. The Kier molecular flexibility index (Phi) is 12.2. The van der Waals surface area contributed by atoms with E-state index in [0.717, 1.165) is 0 Å². The standard InChI is InChI=1S/C30H33Cl2N3O6/c1-4-39-30(38)21-8-5-7-20(16-21)26-13-11-23(41-26)18-33-35-29(37)25(15-19(2)3)34-28(36)9-6-14-40-27-12-10-22(31)17-24(27)32/h5,7-8,10-13,16-19,25H,4,6,9,14-15H2,1-3H3,(H,34,36)(H,35,37)/b33-18-/t25-/m0/s1. The van der Waals surface area contributed by atoms with Crippen LogP contribution in [-0.2, 0) is 14.3 Å². The first-order chi connectivity index (χ1) is 19.7. The highest BCUT2D eigenvalue weighted by Gasteiger charge is 2.21. The lowest BCUT2D eigenvalue weighted by Gasteiger charge is -2.19. The van der Waals surface area contributed by atoms with Crippen molar-refractivity contribution in [1.29, 1.82) is 0 Å². The number of benzene rings is 2. The number of carbonyl (C=O) groups is 3. The molecule has 0 bridgehead atoms. The van der Waals surface area contributed by atoms with Gasteiger partial charge in [0.1, 0.15) is 23.3 Å². The lowest BCUT2D eigenvalue weighted by molar-refractivity contribution is -0.129. The molecule has 0 aliphatic heterocycles. The second kappa shape index (κ2) is 15.8. The summed E-state index contributed by atoms with van der Waals surface area (Å²) < 4.78 is 16.4. The number of furan rings is 1. The molecule has 1 atom stereocenters. The third-order valence-electron chi connectivity index (χ3n) is 5.71. The summed E-state index contributed by atoms with van der Waals surface area (Å²) in [6.07, 6.45) is 2.40. The van der Waals surface area contributed by atoms with Crippen molar-refractivity contribution in [2.75, 3.05) is 13.2 Å². The fourth-order valence-corrected chi connectivity index (χ4v) is 4.27. The van der Waals surface area contributed by atoms with Gasteiger partial charge in [0.2, 0.25) is 5.91 Å². The lowest BCUT2D eigenvalue weighted by atomic mass is 10.0. The van der Waals surface area contributed by atoms with Crippen LogP contribution in [0.5, 0.6) is 5.75 Å². The van der Waals surface area contributed by atoms with E-state index < -0.39 is 17.9 Å². The number of nitrogens with one attached hydrogen (secondary N) is 2. The molecule has 2 N–H and O–H groups in total. The lowest BCUT2D eigenvalue weighted by Crippen LogP contribution is -2.46. The number of amides is 2. The van der Waals surface area contributed by atoms with Crippen molar-refractivity contribution in [3.63, 3.8) is 0 Å². The van der Waals surface area contributed by atoms with Crippen molar-refractivity contribution in [3.05, 3.63) is 76.0 Å². The molecule has 0 aliphatic rings. The molecule has 2 amide bonds. The molecule has 3 rings (SSSR count). The highest BCUT2D eigenvalue weighted by molar-refractivity contribution is 6.35. The molecule has 0 fully saturated rings. The third-order valence-corrected chi connectivity index (χ3v) is 6.24.